The maximum absolute atomic E-state index is 12.6. The van der Waals surface area contributed by atoms with Crippen LogP contribution in [0.4, 0.5) is 0 Å². The van der Waals surface area contributed by atoms with Crippen molar-refractivity contribution in [1.29, 1.82) is 0 Å². The predicted octanol–water partition coefficient (Wildman–Crippen LogP) is 1.13. The highest BCUT2D eigenvalue weighted by atomic mass is 32.2. The van der Waals surface area contributed by atoms with Crippen LogP contribution in [0.3, 0.4) is 0 Å². The number of hydrogen-bond acceptors (Lipinski definition) is 5. The van der Waals surface area contributed by atoms with Gasteiger partial charge in [0.05, 0.1) is 10.7 Å². The minimum Gasteiger partial charge on any atom is -0.318 e. The zero-order valence-corrected chi connectivity index (χ0v) is 12.6. The Morgan fingerprint density at radius 3 is 2.78 bits per heavy atom. The van der Waals surface area contributed by atoms with Crippen molar-refractivity contribution in [2.24, 2.45) is 0 Å². The zero-order valence-electron chi connectivity index (χ0n) is 10.9. The SMILES string of the molecule is CNC[C@@H]1CCCN1S(=O)(=O)c1sc(C)nc1C. The van der Waals surface area contributed by atoms with Crippen LogP contribution in [-0.2, 0) is 10.0 Å². The molecule has 1 aliphatic heterocycles. The van der Waals surface area contributed by atoms with E-state index in [-0.39, 0.29) is 6.04 Å². The van der Waals surface area contributed by atoms with Gasteiger partial charge in [-0.3, -0.25) is 0 Å². The molecule has 0 spiro atoms. The number of likely N-dealkylation sites (N-methyl/N-ethyl adjacent to an activating group) is 1. The van der Waals surface area contributed by atoms with E-state index >= 15 is 0 Å². The third-order valence-corrected chi connectivity index (χ3v) is 6.78. The summed E-state index contributed by atoms with van der Waals surface area (Å²) in [5.74, 6) is 0. The van der Waals surface area contributed by atoms with Gasteiger partial charge in [0, 0.05) is 19.1 Å². The molecule has 5 nitrogen and oxygen atoms in total. The standard InChI is InChI=1S/C11H19N3O2S2/c1-8-11(17-9(2)13-8)18(15,16)14-6-4-5-10(14)7-12-3/h10,12H,4-7H2,1-3H3/t10-/m0/s1. The summed E-state index contributed by atoms with van der Waals surface area (Å²) < 4.78 is 27.3. The topological polar surface area (TPSA) is 62.3 Å². The normalized spacial score (nSPS) is 21.6. The highest BCUT2D eigenvalue weighted by Crippen LogP contribution is 2.31. The highest BCUT2D eigenvalue weighted by molar-refractivity contribution is 7.91. The lowest BCUT2D eigenvalue weighted by Crippen LogP contribution is -2.40. The van der Waals surface area contributed by atoms with Crippen molar-refractivity contribution in [1.82, 2.24) is 14.6 Å². The van der Waals surface area contributed by atoms with Crippen LogP contribution in [0, 0.1) is 13.8 Å². The molecule has 1 aromatic heterocycles. The zero-order chi connectivity index (χ0) is 13.3. The van der Waals surface area contributed by atoms with Gasteiger partial charge in [0.1, 0.15) is 0 Å². The molecule has 0 aliphatic carbocycles. The quantitative estimate of drug-likeness (QED) is 0.902. The van der Waals surface area contributed by atoms with Gasteiger partial charge >= 0.3 is 0 Å². The van der Waals surface area contributed by atoms with E-state index in [0.717, 1.165) is 17.8 Å². The Morgan fingerprint density at radius 1 is 1.50 bits per heavy atom. The Balaban J connectivity index is 2.33. The van der Waals surface area contributed by atoms with E-state index in [0.29, 0.717) is 23.0 Å². The lowest BCUT2D eigenvalue weighted by atomic mass is 10.2. The van der Waals surface area contributed by atoms with E-state index in [9.17, 15) is 8.42 Å². The van der Waals surface area contributed by atoms with Gasteiger partial charge in [-0.2, -0.15) is 4.31 Å². The fourth-order valence-electron chi connectivity index (χ4n) is 2.42. The summed E-state index contributed by atoms with van der Waals surface area (Å²) >= 11 is 1.27. The minimum absolute atomic E-state index is 0.0711. The van der Waals surface area contributed by atoms with Crippen LogP contribution < -0.4 is 5.32 Å². The molecule has 1 aromatic rings. The number of rotatable bonds is 4. The molecule has 0 bridgehead atoms. The largest absolute Gasteiger partial charge is 0.318 e. The van der Waals surface area contributed by atoms with E-state index in [1.54, 1.807) is 11.2 Å². The average molecular weight is 289 g/mol. The maximum atomic E-state index is 12.6. The Morgan fingerprint density at radius 2 is 2.22 bits per heavy atom. The van der Waals surface area contributed by atoms with Crippen LogP contribution in [0.1, 0.15) is 23.5 Å². The first-order valence-corrected chi connectivity index (χ1v) is 8.33. The van der Waals surface area contributed by atoms with Crippen molar-refractivity contribution in [2.75, 3.05) is 20.1 Å². The molecule has 2 rings (SSSR count). The number of nitrogens with one attached hydrogen (secondary N) is 1. The molecule has 2 heterocycles. The molecular weight excluding hydrogens is 270 g/mol. The van der Waals surface area contributed by atoms with Crippen molar-refractivity contribution in [2.45, 2.75) is 36.9 Å². The van der Waals surface area contributed by atoms with Gasteiger partial charge in [0.2, 0.25) is 0 Å². The van der Waals surface area contributed by atoms with Gasteiger partial charge < -0.3 is 5.32 Å². The molecule has 7 heteroatoms. The fraction of sp³-hybridized carbons (Fsp3) is 0.727. The molecule has 1 aliphatic rings. The highest BCUT2D eigenvalue weighted by Gasteiger charge is 2.36. The summed E-state index contributed by atoms with van der Waals surface area (Å²) in [6.45, 7) is 4.92. The van der Waals surface area contributed by atoms with Crippen LogP contribution in [0.25, 0.3) is 0 Å². The molecule has 1 saturated heterocycles. The third kappa shape index (κ3) is 2.45. The van der Waals surface area contributed by atoms with Crippen LogP contribution in [0.5, 0.6) is 0 Å². The second kappa shape index (κ2) is 5.24. The second-order valence-electron chi connectivity index (χ2n) is 4.58. The smallest absolute Gasteiger partial charge is 0.254 e. The molecule has 0 unspecified atom stereocenters. The Bertz CT molecular complexity index is 524. The van der Waals surface area contributed by atoms with Crippen molar-refractivity contribution in [3.8, 4) is 0 Å². The molecule has 18 heavy (non-hydrogen) atoms. The second-order valence-corrected chi connectivity index (χ2v) is 7.86. The van der Waals surface area contributed by atoms with Crippen LogP contribution in [0.2, 0.25) is 0 Å². The molecule has 0 amide bonds. The van der Waals surface area contributed by atoms with Crippen LogP contribution in [-0.4, -0.2) is 43.9 Å². The van der Waals surface area contributed by atoms with E-state index in [1.165, 1.54) is 11.3 Å². The van der Waals surface area contributed by atoms with Crippen molar-refractivity contribution < 1.29 is 8.42 Å². The average Bonchev–Trinajstić information content (AvgIpc) is 2.86. The van der Waals surface area contributed by atoms with Crippen molar-refractivity contribution in [3.63, 3.8) is 0 Å². The van der Waals surface area contributed by atoms with Gasteiger partial charge in [-0.15, -0.1) is 11.3 Å². The summed E-state index contributed by atoms with van der Waals surface area (Å²) in [5.41, 5.74) is 0.618. The summed E-state index contributed by atoms with van der Waals surface area (Å²) in [7, 11) is -1.52. The van der Waals surface area contributed by atoms with Gasteiger partial charge in [-0.05, 0) is 33.7 Å². The van der Waals surface area contributed by atoms with Crippen molar-refractivity contribution >= 4 is 21.4 Å². The molecule has 102 valence electrons. The molecule has 1 fully saturated rings. The summed E-state index contributed by atoms with van der Waals surface area (Å²) in [6, 6.07) is 0.0711. The Hall–Kier alpha value is -0.500. The monoisotopic (exact) mass is 289 g/mol. The first-order valence-electron chi connectivity index (χ1n) is 6.07. The maximum Gasteiger partial charge on any atom is 0.254 e. The Kier molecular flexibility index (Phi) is 4.05. The van der Waals surface area contributed by atoms with Gasteiger partial charge in [0.25, 0.3) is 10.0 Å². The molecule has 0 aromatic carbocycles. The number of sulfonamides is 1. The fourth-order valence-corrected chi connectivity index (χ4v) is 5.71. The lowest BCUT2D eigenvalue weighted by molar-refractivity contribution is 0.380. The molecular formula is C11H19N3O2S2. The lowest BCUT2D eigenvalue weighted by Gasteiger charge is -2.23. The van der Waals surface area contributed by atoms with Gasteiger partial charge in [0.15, 0.2) is 4.21 Å². The van der Waals surface area contributed by atoms with Crippen molar-refractivity contribution in [3.05, 3.63) is 10.7 Å². The van der Waals surface area contributed by atoms with E-state index in [4.69, 9.17) is 0 Å². The first kappa shape index (κ1) is 13.9. The first-order chi connectivity index (χ1) is 8.46. The van der Waals surface area contributed by atoms with Gasteiger partial charge in [-0.25, -0.2) is 13.4 Å². The minimum atomic E-state index is -3.37. The molecule has 1 atom stereocenters. The summed E-state index contributed by atoms with van der Waals surface area (Å²) in [5, 5.41) is 3.87. The Labute approximate surface area is 112 Å². The molecule has 0 saturated carbocycles. The van der Waals surface area contributed by atoms with Crippen LogP contribution >= 0.6 is 11.3 Å². The predicted molar refractivity (Wildman–Crippen MR) is 72.4 cm³/mol. The third-order valence-electron chi connectivity index (χ3n) is 3.17. The number of nitrogens with zero attached hydrogens (tertiary/aromatic N) is 2. The van der Waals surface area contributed by atoms with E-state index < -0.39 is 10.0 Å². The molecule has 1 N–H and O–H groups in total. The van der Waals surface area contributed by atoms with Crippen LogP contribution in [0.15, 0.2) is 4.21 Å². The summed E-state index contributed by atoms with van der Waals surface area (Å²) in [4.78, 5) is 4.22. The number of hydrogen-bond donors (Lipinski definition) is 1. The number of aromatic nitrogens is 1. The number of aryl methyl sites for hydroxylation is 2. The van der Waals surface area contributed by atoms with Gasteiger partial charge in [-0.1, -0.05) is 0 Å². The van der Waals surface area contributed by atoms with E-state index in [1.807, 2.05) is 14.0 Å². The van der Waals surface area contributed by atoms with E-state index in [2.05, 4.69) is 10.3 Å². The summed E-state index contributed by atoms with van der Waals surface area (Å²) in [6.07, 6.45) is 1.86. The molecule has 0 radical (unpaired) electrons. The number of thiazole rings is 1.